The number of nitrogens with zero attached hydrogens (tertiary/aromatic N) is 3. The van der Waals surface area contributed by atoms with Crippen molar-refractivity contribution in [3.63, 3.8) is 0 Å². The van der Waals surface area contributed by atoms with Gasteiger partial charge in [-0.2, -0.15) is 0 Å². The topological polar surface area (TPSA) is 258 Å². The van der Waals surface area contributed by atoms with E-state index in [1.54, 1.807) is 30.3 Å². The summed E-state index contributed by atoms with van der Waals surface area (Å²) in [5, 5.41) is 6.02. The molecule has 3 saturated heterocycles. The van der Waals surface area contributed by atoms with Crippen molar-refractivity contribution in [3.8, 4) is 0 Å². The summed E-state index contributed by atoms with van der Waals surface area (Å²) in [5.74, 6) is -8.49. The molecular formula is C33H37N5O15. The summed E-state index contributed by atoms with van der Waals surface area (Å²) >= 11 is 0. The van der Waals surface area contributed by atoms with Gasteiger partial charge in [0.05, 0.1) is 19.3 Å². The van der Waals surface area contributed by atoms with Gasteiger partial charge in [0.1, 0.15) is 6.61 Å². The molecule has 3 aliphatic heterocycles. The summed E-state index contributed by atoms with van der Waals surface area (Å²) < 4.78 is 5.12. The Bertz CT molecular complexity index is 1480. The van der Waals surface area contributed by atoms with Crippen molar-refractivity contribution in [3.05, 3.63) is 35.9 Å². The lowest BCUT2D eigenvalue weighted by Crippen LogP contribution is -2.50. The molecule has 20 nitrogen and oxygen atoms in total. The SMILES string of the molecule is O=C(CCNC(=O)OCc1ccccc1)NC(CCC(=O)ON1C(=O)CCC1=O)(CCC(=O)ON1C(=O)CCC1=O)CCC(=O)ON1C(=O)CCC1=O. The lowest BCUT2D eigenvalue weighted by molar-refractivity contribution is -0.198. The molecule has 0 aromatic heterocycles. The van der Waals surface area contributed by atoms with Crippen molar-refractivity contribution < 1.29 is 72.0 Å². The molecular weight excluding hydrogens is 706 g/mol. The molecule has 284 valence electrons. The number of carbonyl (C=O) groups excluding carboxylic acids is 11. The highest BCUT2D eigenvalue weighted by atomic mass is 16.7. The number of amides is 8. The van der Waals surface area contributed by atoms with Gasteiger partial charge in [-0.05, 0) is 24.8 Å². The first-order chi connectivity index (χ1) is 25.2. The van der Waals surface area contributed by atoms with E-state index in [4.69, 9.17) is 19.2 Å². The standard InChI is InChI=1S/C33H37N5O15/c39-22(15-19-34-32(49)50-20-21-4-2-1-3-5-21)35-33(16-12-29(46)51-36-23(40)6-7-24(36)41,17-13-30(47)52-37-25(42)8-9-26(37)43)18-14-31(48)53-38-27(44)10-11-28(38)45/h1-5H,6-20H2,(H,34,49)(H,35,39). The van der Waals surface area contributed by atoms with Gasteiger partial charge < -0.3 is 29.9 Å². The molecule has 3 heterocycles. The highest BCUT2D eigenvalue weighted by molar-refractivity contribution is 6.03. The number of hydrogen-bond donors (Lipinski definition) is 2. The number of carbonyl (C=O) groups is 11. The molecule has 0 spiro atoms. The molecule has 3 aliphatic rings. The number of benzene rings is 1. The van der Waals surface area contributed by atoms with Crippen molar-refractivity contribution in [2.24, 2.45) is 0 Å². The molecule has 1 aromatic carbocycles. The van der Waals surface area contributed by atoms with E-state index in [0.717, 1.165) is 5.56 Å². The van der Waals surface area contributed by atoms with Crippen LogP contribution in [0.4, 0.5) is 4.79 Å². The van der Waals surface area contributed by atoms with Crippen molar-refractivity contribution in [2.75, 3.05) is 6.54 Å². The van der Waals surface area contributed by atoms with Crippen LogP contribution in [0.25, 0.3) is 0 Å². The summed E-state index contributed by atoms with van der Waals surface area (Å²) in [6.45, 7) is -0.276. The van der Waals surface area contributed by atoms with Crippen LogP contribution in [0.1, 0.15) is 89.0 Å². The number of imide groups is 3. The fraction of sp³-hybridized carbons (Fsp3) is 0.485. The fourth-order valence-corrected chi connectivity index (χ4v) is 5.41. The molecule has 53 heavy (non-hydrogen) atoms. The number of nitrogens with one attached hydrogen (secondary N) is 2. The third kappa shape index (κ3) is 11.7. The predicted octanol–water partition coefficient (Wildman–Crippen LogP) is 0.320. The van der Waals surface area contributed by atoms with Crippen LogP contribution in [0.2, 0.25) is 0 Å². The van der Waals surface area contributed by atoms with Crippen molar-refractivity contribution in [1.82, 2.24) is 25.8 Å². The van der Waals surface area contributed by atoms with E-state index in [1.807, 2.05) is 0 Å². The Morgan fingerprint density at radius 2 is 0.943 bits per heavy atom. The highest BCUT2D eigenvalue weighted by Gasteiger charge is 2.39. The molecule has 8 amide bonds. The van der Waals surface area contributed by atoms with Crippen LogP contribution in [0.15, 0.2) is 30.3 Å². The summed E-state index contributed by atoms with van der Waals surface area (Å²) in [4.78, 5) is 151. The number of alkyl carbamates (subject to hydrolysis) is 1. The van der Waals surface area contributed by atoms with Crippen LogP contribution in [-0.4, -0.2) is 92.6 Å². The molecule has 20 heteroatoms. The second-order valence-corrected chi connectivity index (χ2v) is 12.2. The zero-order chi connectivity index (χ0) is 38.5. The van der Waals surface area contributed by atoms with Gasteiger partial charge in [-0.3, -0.25) is 33.6 Å². The largest absolute Gasteiger partial charge is 0.445 e. The van der Waals surface area contributed by atoms with E-state index in [-0.39, 0.29) is 77.4 Å². The van der Waals surface area contributed by atoms with Crippen LogP contribution < -0.4 is 10.6 Å². The zero-order valence-electron chi connectivity index (χ0n) is 28.5. The normalized spacial score (nSPS) is 15.9. The third-order valence-corrected chi connectivity index (χ3v) is 8.26. The quantitative estimate of drug-likeness (QED) is 0.192. The zero-order valence-corrected chi connectivity index (χ0v) is 28.5. The molecule has 0 aliphatic carbocycles. The van der Waals surface area contributed by atoms with E-state index >= 15 is 0 Å². The van der Waals surface area contributed by atoms with Crippen molar-refractivity contribution in [2.45, 2.75) is 95.6 Å². The van der Waals surface area contributed by atoms with Gasteiger partial charge in [0.15, 0.2) is 0 Å². The molecule has 0 radical (unpaired) electrons. The van der Waals surface area contributed by atoms with Crippen LogP contribution >= 0.6 is 0 Å². The highest BCUT2D eigenvalue weighted by Crippen LogP contribution is 2.28. The van der Waals surface area contributed by atoms with Gasteiger partial charge in [-0.15, -0.1) is 15.2 Å². The Morgan fingerprint density at radius 1 is 0.566 bits per heavy atom. The van der Waals surface area contributed by atoms with E-state index in [9.17, 15) is 52.7 Å². The molecule has 4 rings (SSSR count). The van der Waals surface area contributed by atoms with Gasteiger partial charge in [-0.25, -0.2) is 19.2 Å². The third-order valence-electron chi connectivity index (χ3n) is 8.26. The molecule has 0 saturated carbocycles. The molecule has 1 aromatic rings. The predicted molar refractivity (Wildman–Crippen MR) is 169 cm³/mol. The average Bonchev–Trinajstić information content (AvgIpc) is 3.75. The lowest BCUT2D eigenvalue weighted by atomic mass is 9.83. The number of rotatable bonds is 18. The number of ether oxygens (including phenoxy) is 1. The molecule has 2 N–H and O–H groups in total. The van der Waals surface area contributed by atoms with E-state index < -0.39 is 90.2 Å². The maximum absolute atomic E-state index is 13.3. The van der Waals surface area contributed by atoms with Crippen LogP contribution in [-0.2, 0) is 73.8 Å². The molecule has 0 atom stereocenters. The monoisotopic (exact) mass is 743 g/mol. The smallest absolute Gasteiger partial charge is 0.407 e. The Morgan fingerprint density at radius 3 is 1.32 bits per heavy atom. The second kappa shape index (κ2) is 18.3. The minimum Gasteiger partial charge on any atom is -0.445 e. The van der Waals surface area contributed by atoms with Crippen LogP contribution in [0.3, 0.4) is 0 Å². The Hall–Kier alpha value is -6.21. The first-order valence-electron chi connectivity index (χ1n) is 16.7. The van der Waals surface area contributed by atoms with E-state index in [2.05, 4.69) is 10.6 Å². The molecule has 0 bridgehead atoms. The van der Waals surface area contributed by atoms with Gasteiger partial charge in [-0.1, -0.05) is 30.3 Å². The maximum atomic E-state index is 13.3. The summed E-state index contributed by atoms with van der Waals surface area (Å²) in [7, 11) is 0. The van der Waals surface area contributed by atoms with Gasteiger partial charge in [0, 0.05) is 57.0 Å². The number of hydroxylamine groups is 6. The van der Waals surface area contributed by atoms with Gasteiger partial charge in [0.25, 0.3) is 35.4 Å². The molecule has 3 fully saturated rings. The summed E-state index contributed by atoms with van der Waals surface area (Å²) in [6.07, 6.45) is -5.14. The van der Waals surface area contributed by atoms with Crippen LogP contribution in [0, 0.1) is 0 Å². The fourth-order valence-electron chi connectivity index (χ4n) is 5.41. The summed E-state index contributed by atoms with van der Waals surface area (Å²) in [6, 6.07) is 8.79. The Labute approximate surface area is 301 Å². The van der Waals surface area contributed by atoms with E-state index in [1.165, 1.54) is 0 Å². The number of hydrogen-bond acceptors (Lipinski definition) is 15. The first-order valence-corrected chi connectivity index (χ1v) is 16.7. The van der Waals surface area contributed by atoms with Gasteiger partial charge >= 0.3 is 24.0 Å². The lowest BCUT2D eigenvalue weighted by Gasteiger charge is -2.35. The first kappa shape index (κ1) is 39.6. The summed E-state index contributed by atoms with van der Waals surface area (Å²) in [5.41, 5.74) is -0.963. The van der Waals surface area contributed by atoms with Crippen molar-refractivity contribution in [1.29, 1.82) is 0 Å². The minimum absolute atomic E-state index is 0.0395. The average molecular weight is 744 g/mol. The van der Waals surface area contributed by atoms with E-state index in [0.29, 0.717) is 15.2 Å². The molecule has 0 unspecified atom stereocenters. The maximum Gasteiger partial charge on any atom is 0.407 e. The van der Waals surface area contributed by atoms with Crippen LogP contribution in [0.5, 0.6) is 0 Å². The Kier molecular flexibility index (Phi) is 13.7. The minimum atomic E-state index is -1.68. The second-order valence-electron chi connectivity index (χ2n) is 12.2. The van der Waals surface area contributed by atoms with Crippen molar-refractivity contribution >= 4 is 65.4 Å². The Balaban J connectivity index is 1.47. The van der Waals surface area contributed by atoms with Gasteiger partial charge in [0.2, 0.25) is 5.91 Å².